The van der Waals surface area contributed by atoms with Crippen molar-refractivity contribution in [2.24, 2.45) is 5.10 Å². The molecule has 0 unspecified atom stereocenters. The molecule has 1 amide bonds. The molecule has 0 spiro atoms. The van der Waals surface area contributed by atoms with Crippen LogP contribution in [0.25, 0.3) is 11.1 Å². The van der Waals surface area contributed by atoms with Crippen LogP contribution in [0.1, 0.15) is 15.9 Å². The Morgan fingerprint density at radius 1 is 1.00 bits per heavy atom. The number of hydrogen-bond donors (Lipinski definition) is 2. The molecule has 0 fully saturated rings. The number of carbonyl (C=O) groups excluding carboxylic acids is 1. The van der Waals surface area contributed by atoms with E-state index in [0.29, 0.717) is 5.56 Å². The molecule has 0 saturated carbocycles. The molecular formula is C20H14F2N2O2. The Kier molecular flexibility index (Phi) is 5.03. The SMILES string of the molecule is O=C(N/N=C/c1ccccc1)c1cc(-c2ccc(F)cc2F)ccc1O. The molecule has 0 radical (unpaired) electrons. The number of phenolic OH excluding ortho intramolecular Hbond substituents is 1. The van der Waals surface area contributed by atoms with Crippen LogP contribution in [0.15, 0.2) is 71.8 Å². The lowest BCUT2D eigenvalue weighted by molar-refractivity contribution is 0.0952. The maximum atomic E-state index is 13.9. The van der Waals surface area contributed by atoms with Crippen LogP contribution in [0, 0.1) is 11.6 Å². The molecule has 4 nitrogen and oxygen atoms in total. The summed E-state index contributed by atoms with van der Waals surface area (Å²) in [7, 11) is 0. The highest BCUT2D eigenvalue weighted by atomic mass is 19.1. The number of phenols is 1. The lowest BCUT2D eigenvalue weighted by atomic mass is 10.0. The molecule has 26 heavy (non-hydrogen) atoms. The summed E-state index contributed by atoms with van der Waals surface area (Å²) in [6.07, 6.45) is 1.46. The maximum Gasteiger partial charge on any atom is 0.275 e. The van der Waals surface area contributed by atoms with Crippen molar-refractivity contribution in [3.63, 3.8) is 0 Å². The number of rotatable bonds is 4. The molecule has 130 valence electrons. The number of amides is 1. The molecule has 2 N–H and O–H groups in total. The minimum absolute atomic E-state index is 0.0727. The van der Waals surface area contributed by atoms with Gasteiger partial charge in [-0.25, -0.2) is 14.2 Å². The monoisotopic (exact) mass is 352 g/mol. The molecule has 0 aliphatic heterocycles. The first-order valence-electron chi connectivity index (χ1n) is 7.71. The summed E-state index contributed by atoms with van der Waals surface area (Å²) in [5, 5.41) is 13.7. The van der Waals surface area contributed by atoms with Crippen molar-refractivity contribution in [1.29, 1.82) is 0 Å². The lowest BCUT2D eigenvalue weighted by Crippen LogP contribution is -2.17. The Bertz CT molecular complexity index is 973. The van der Waals surface area contributed by atoms with Gasteiger partial charge in [-0.2, -0.15) is 5.10 Å². The van der Waals surface area contributed by atoms with E-state index in [1.165, 1.54) is 30.5 Å². The predicted molar refractivity (Wildman–Crippen MR) is 95.0 cm³/mol. The van der Waals surface area contributed by atoms with Crippen LogP contribution in [0.3, 0.4) is 0 Å². The highest BCUT2D eigenvalue weighted by Gasteiger charge is 2.14. The molecule has 0 aromatic heterocycles. The average Bonchev–Trinajstić information content (AvgIpc) is 2.63. The highest BCUT2D eigenvalue weighted by Crippen LogP contribution is 2.28. The minimum Gasteiger partial charge on any atom is -0.507 e. The van der Waals surface area contributed by atoms with Crippen LogP contribution in [-0.2, 0) is 0 Å². The number of halogens is 2. The van der Waals surface area contributed by atoms with Crippen molar-refractivity contribution >= 4 is 12.1 Å². The minimum atomic E-state index is -0.760. The molecule has 0 aliphatic rings. The zero-order valence-corrected chi connectivity index (χ0v) is 13.5. The fourth-order valence-corrected chi connectivity index (χ4v) is 2.37. The van der Waals surface area contributed by atoms with E-state index in [1.54, 1.807) is 0 Å². The van der Waals surface area contributed by atoms with Gasteiger partial charge in [0.25, 0.3) is 5.91 Å². The zero-order chi connectivity index (χ0) is 18.5. The fourth-order valence-electron chi connectivity index (χ4n) is 2.37. The van der Waals surface area contributed by atoms with Gasteiger partial charge in [-0.3, -0.25) is 4.79 Å². The summed E-state index contributed by atoms with van der Waals surface area (Å²) in [6, 6.07) is 16.3. The highest BCUT2D eigenvalue weighted by molar-refractivity contribution is 5.98. The Morgan fingerprint density at radius 2 is 1.77 bits per heavy atom. The summed E-state index contributed by atoms with van der Waals surface area (Å²) < 4.78 is 27.0. The third-order valence-corrected chi connectivity index (χ3v) is 3.66. The smallest absolute Gasteiger partial charge is 0.275 e. The molecule has 0 heterocycles. The molecule has 3 aromatic carbocycles. The average molecular weight is 352 g/mol. The van der Waals surface area contributed by atoms with Crippen LogP contribution in [0.5, 0.6) is 5.75 Å². The second-order valence-corrected chi connectivity index (χ2v) is 5.47. The third-order valence-electron chi connectivity index (χ3n) is 3.66. The van der Waals surface area contributed by atoms with Crippen molar-refractivity contribution < 1.29 is 18.7 Å². The molecule has 0 atom stereocenters. The summed E-state index contributed by atoms with van der Waals surface area (Å²) in [4.78, 5) is 12.2. The van der Waals surface area contributed by atoms with Crippen LogP contribution in [0.4, 0.5) is 8.78 Å². The van der Waals surface area contributed by atoms with E-state index in [1.807, 2.05) is 30.3 Å². The van der Waals surface area contributed by atoms with E-state index >= 15 is 0 Å². The van der Waals surface area contributed by atoms with E-state index < -0.39 is 17.5 Å². The van der Waals surface area contributed by atoms with Crippen molar-refractivity contribution in [2.45, 2.75) is 0 Å². The first-order chi connectivity index (χ1) is 12.5. The van der Waals surface area contributed by atoms with Gasteiger partial charge in [-0.15, -0.1) is 0 Å². The van der Waals surface area contributed by atoms with Crippen LogP contribution < -0.4 is 5.43 Å². The van der Waals surface area contributed by atoms with E-state index in [9.17, 15) is 18.7 Å². The Balaban J connectivity index is 1.83. The van der Waals surface area contributed by atoms with Crippen LogP contribution in [-0.4, -0.2) is 17.2 Å². The number of hydrogen-bond acceptors (Lipinski definition) is 3. The molecule has 6 heteroatoms. The first-order valence-corrected chi connectivity index (χ1v) is 7.71. The van der Waals surface area contributed by atoms with Crippen LogP contribution >= 0.6 is 0 Å². The van der Waals surface area contributed by atoms with Crippen molar-refractivity contribution in [3.05, 3.63) is 89.5 Å². The topological polar surface area (TPSA) is 61.7 Å². The molecule has 3 rings (SSSR count). The van der Waals surface area contributed by atoms with Gasteiger partial charge in [-0.1, -0.05) is 36.4 Å². The van der Waals surface area contributed by atoms with Crippen LogP contribution in [0.2, 0.25) is 0 Å². The van der Waals surface area contributed by atoms with Gasteiger partial charge in [-0.05, 0) is 35.4 Å². The van der Waals surface area contributed by atoms with Crippen molar-refractivity contribution in [1.82, 2.24) is 5.43 Å². The normalized spacial score (nSPS) is 10.8. The van der Waals surface area contributed by atoms with Gasteiger partial charge in [0.05, 0.1) is 11.8 Å². The maximum absolute atomic E-state index is 13.9. The standard InChI is InChI=1S/C20H14F2N2O2/c21-15-7-8-16(18(22)11-15)14-6-9-19(25)17(10-14)20(26)24-23-12-13-4-2-1-3-5-13/h1-12,25H,(H,24,26)/b23-12+. The van der Waals surface area contributed by atoms with Gasteiger partial charge < -0.3 is 5.11 Å². The van der Waals surface area contributed by atoms with Gasteiger partial charge in [0, 0.05) is 11.6 Å². The Labute approximate surface area is 148 Å². The fraction of sp³-hybridized carbons (Fsp3) is 0. The molecular weight excluding hydrogens is 338 g/mol. The molecule has 3 aromatic rings. The van der Waals surface area contributed by atoms with E-state index in [2.05, 4.69) is 10.5 Å². The lowest BCUT2D eigenvalue weighted by Gasteiger charge is -2.08. The number of hydrazone groups is 1. The molecule has 0 saturated heterocycles. The van der Waals surface area contributed by atoms with E-state index in [-0.39, 0.29) is 16.9 Å². The summed E-state index contributed by atoms with van der Waals surface area (Å²) in [5.41, 5.74) is 3.48. The van der Waals surface area contributed by atoms with Gasteiger partial charge >= 0.3 is 0 Å². The van der Waals surface area contributed by atoms with Crippen molar-refractivity contribution in [2.75, 3.05) is 0 Å². The van der Waals surface area contributed by atoms with Gasteiger partial charge in [0.15, 0.2) is 0 Å². The number of nitrogens with zero attached hydrogens (tertiary/aromatic N) is 1. The second kappa shape index (κ2) is 7.57. The Hall–Kier alpha value is -3.54. The quantitative estimate of drug-likeness (QED) is 0.548. The molecule has 0 aliphatic carbocycles. The summed E-state index contributed by atoms with van der Waals surface area (Å²) in [6.45, 7) is 0. The summed E-state index contributed by atoms with van der Waals surface area (Å²) >= 11 is 0. The number of carbonyl (C=O) groups is 1. The third kappa shape index (κ3) is 3.92. The first kappa shape index (κ1) is 17.3. The predicted octanol–water partition coefficient (Wildman–Crippen LogP) is 4.10. The molecule has 0 bridgehead atoms. The number of nitrogens with one attached hydrogen (secondary N) is 1. The number of benzene rings is 3. The van der Waals surface area contributed by atoms with E-state index in [4.69, 9.17) is 0 Å². The Morgan fingerprint density at radius 3 is 2.50 bits per heavy atom. The van der Waals surface area contributed by atoms with Gasteiger partial charge in [0.1, 0.15) is 17.4 Å². The summed E-state index contributed by atoms with van der Waals surface area (Å²) in [5.74, 6) is -2.38. The van der Waals surface area contributed by atoms with Gasteiger partial charge in [0.2, 0.25) is 0 Å². The van der Waals surface area contributed by atoms with E-state index in [0.717, 1.165) is 17.7 Å². The van der Waals surface area contributed by atoms with Crippen molar-refractivity contribution in [3.8, 4) is 16.9 Å². The number of aromatic hydroxyl groups is 1. The largest absolute Gasteiger partial charge is 0.507 e. The second-order valence-electron chi connectivity index (χ2n) is 5.47. The zero-order valence-electron chi connectivity index (χ0n) is 13.5.